The van der Waals surface area contributed by atoms with Gasteiger partial charge in [-0.2, -0.15) is 12.6 Å². The molecule has 0 bridgehead atoms. The van der Waals surface area contributed by atoms with E-state index in [-0.39, 0.29) is 0 Å². The standard InChI is InChI=1S/C20H38O2S/c1-2-3-4-5-6-7-8-9-10-11-12-13-14-15-16-17-18-19(23)20(21)22/h9-10,19,23H,2-8,11-18H2,1H3,(H,21,22). The van der Waals surface area contributed by atoms with Crippen LogP contribution in [0.15, 0.2) is 12.2 Å². The van der Waals surface area contributed by atoms with Crippen LogP contribution >= 0.6 is 12.6 Å². The first-order valence-corrected chi connectivity index (χ1v) is 10.3. The molecule has 1 N–H and O–H groups in total. The van der Waals surface area contributed by atoms with E-state index in [0.29, 0.717) is 6.42 Å². The van der Waals surface area contributed by atoms with Crippen LogP contribution < -0.4 is 0 Å². The molecule has 136 valence electrons. The predicted molar refractivity (Wildman–Crippen MR) is 104 cm³/mol. The van der Waals surface area contributed by atoms with Crippen molar-refractivity contribution >= 4 is 18.6 Å². The molecule has 1 atom stereocenters. The molecule has 23 heavy (non-hydrogen) atoms. The number of carbonyl (C=O) groups is 1. The van der Waals surface area contributed by atoms with Gasteiger partial charge in [0.2, 0.25) is 0 Å². The fraction of sp³-hybridized carbons (Fsp3) is 0.850. The molecule has 0 rings (SSSR count). The van der Waals surface area contributed by atoms with Gasteiger partial charge in [0.05, 0.1) is 5.25 Å². The molecule has 0 spiro atoms. The number of hydrogen-bond donors (Lipinski definition) is 2. The molecule has 0 fully saturated rings. The molecule has 0 saturated heterocycles. The number of carboxylic acid groups (broad SMARTS) is 1. The largest absolute Gasteiger partial charge is 0.480 e. The van der Waals surface area contributed by atoms with Crippen LogP contribution in [-0.2, 0) is 4.79 Å². The third-order valence-electron chi connectivity index (χ3n) is 4.27. The van der Waals surface area contributed by atoms with Gasteiger partial charge in [-0.05, 0) is 32.1 Å². The highest BCUT2D eigenvalue weighted by Crippen LogP contribution is 2.13. The highest BCUT2D eigenvalue weighted by molar-refractivity contribution is 7.81. The topological polar surface area (TPSA) is 37.3 Å². The van der Waals surface area contributed by atoms with Crippen molar-refractivity contribution in [3.8, 4) is 0 Å². The summed E-state index contributed by atoms with van der Waals surface area (Å²) in [4.78, 5) is 10.6. The Morgan fingerprint density at radius 1 is 0.826 bits per heavy atom. The zero-order chi connectivity index (χ0) is 17.2. The lowest BCUT2D eigenvalue weighted by molar-refractivity contribution is -0.136. The summed E-state index contributed by atoms with van der Waals surface area (Å²) in [5.74, 6) is -0.791. The molecular weight excluding hydrogens is 304 g/mol. The summed E-state index contributed by atoms with van der Waals surface area (Å²) in [6.07, 6.45) is 23.4. The maximum Gasteiger partial charge on any atom is 0.316 e. The van der Waals surface area contributed by atoms with Gasteiger partial charge in [0.1, 0.15) is 0 Å². The highest BCUT2D eigenvalue weighted by atomic mass is 32.1. The molecule has 0 aromatic heterocycles. The molecule has 0 aromatic rings. The van der Waals surface area contributed by atoms with Gasteiger partial charge in [-0.15, -0.1) is 0 Å². The van der Waals surface area contributed by atoms with E-state index in [2.05, 4.69) is 31.7 Å². The minimum atomic E-state index is -0.791. The molecule has 0 heterocycles. The molecule has 3 heteroatoms. The molecule has 0 amide bonds. The van der Waals surface area contributed by atoms with E-state index in [0.717, 1.165) is 12.8 Å². The second-order valence-electron chi connectivity index (χ2n) is 6.58. The Morgan fingerprint density at radius 2 is 1.26 bits per heavy atom. The number of rotatable bonds is 17. The summed E-state index contributed by atoms with van der Waals surface area (Å²) in [6.45, 7) is 2.26. The van der Waals surface area contributed by atoms with Crippen molar-refractivity contribution in [3.05, 3.63) is 12.2 Å². The normalized spacial score (nSPS) is 12.8. The minimum Gasteiger partial charge on any atom is -0.480 e. The van der Waals surface area contributed by atoms with Crippen LogP contribution in [-0.4, -0.2) is 16.3 Å². The zero-order valence-corrected chi connectivity index (χ0v) is 16.0. The summed E-state index contributed by atoms with van der Waals surface area (Å²) in [7, 11) is 0. The molecule has 0 saturated carbocycles. The summed E-state index contributed by atoms with van der Waals surface area (Å²) >= 11 is 4.04. The van der Waals surface area contributed by atoms with Crippen LogP contribution in [0.3, 0.4) is 0 Å². The van der Waals surface area contributed by atoms with Crippen molar-refractivity contribution in [3.63, 3.8) is 0 Å². The molecule has 1 unspecified atom stereocenters. The summed E-state index contributed by atoms with van der Waals surface area (Å²) in [5, 5.41) is 8.24. The Labute approximate surface area is 149 Å². The molecule has 0 aliphatic heterocycles. The molecule has 2 nitrogen and oxygen atoms in total. The van der Waals surface area contributed by atoms with Crippen LogP contribution in [0.4, 0.5) is 0 Å². The molecule has 0 aromatic carbocycles. The van der Waals surface area contributed by atoms with Gasteiger partial charge in [-0.25, -0.2) is 0 Å². The lowest BCUT2D eigenvalue weighted by Crippen LogP contribution is -2.12. The number of thiol groups is 1. The Morgan fingerprint density at radius 3 is 1.74 bits per heavy atom. The van der Waals surface area contributed by atoms with E-state index in [9.17, 15) is 4.79 Å². The van der Waals surface area contributed by atoms with Crippen molar-refractivity contribution in [2.45, 2.75) is 108 Å². The lowest BCUT2D eigenvalue weighted by atomic mass is 10.1. The Balaban J connectivity index is 3.15. The molecular formula is C20H38O2S. The van der Waals surface area contributed by atoms with Crippen molar-refractivity contribution in [1.29, 1.82) is 0 Å². The number of aliphatic carboxylic acids is 1. The van der Waals surface area contributed by atoms with Gasteiger partial charge in [0.25, 0.3) is 0 Å². The second-order valence-corrected chi connectivity index (χ2v) is 7.20. The fourth-order valence-corrected chi connectivity index (χ4v) is 2.89. The van der Waals surface area contributed by atoms with Gasteiger partial charge >= 0.3 is 5.97 Å². The molecule has 0 radical (unpaired) electrons. The first-order chi connectivity index (χ1) is 11.2. The predicted octanol–water partition coefficient (Wildman–Crippen LogP) is 6.80. The average Bonchev–Trinajstić information content (AvgIpc) is 2.54. The van der Waals surface area contributed by atoms with Crippen molar-refractivity contribution in [2.24, 2.45) is 0 Å². The van der Waals surface area contributed by atoms with Crippen molar-refractivity contribution in [2.75, 3.05) is 0 Å². The van der Waals surface area contributed by atoms with E-state index in [4.69, 9.17) is 5.11 Å². The minimum absolute atomic E-state index is 0.480. The molecule has 0 aliphatic carbocycles. The van der Waals surface area contributed by atoms with Crippen LogP contribution in [0.1, 0.15) is 103 Å². The van der Waals surface area contributed by atoms with Gasteiger partial charge in [-0.1, -0.05) is 83.3 Å². The van der Waals surface area contributed by atoms with Crippen LogP contribution in [0.25, 0.3) is 0 Å². The van der Waals surface area contributed by atoms with Gasteiger partial charge in [0.15, 0.2) is 0 Å². The SMILES string of the molecule is CCCCCCCCC=CCCCCCCCCC(S)C(=O)O. The quantitative estimate of drug-likeness (QED) is 0.173. The van der Waals surface area contributed by atoms with Crippen LogP contribution in [0.2, 0.25) is 0 Å². The summed E-state index contributed by atoms with van der Waals surface area (Å²) in [5.41, 5.74) is 0. The number of hydrogen-bond acceptors (Lipinski definition) is 2. The third kappa shape index (κ3) is 17.7. The summed E-state index contributed by atoms with van der Waals surface area (Å²) < 4.78 is 0. The Hall–Kier alpha value is -0.440. The smallest absolute Gasteiger partial charge is 0.316 e. The maximum absolute atomic E-state index is 10.6. The third-order valence-corrected chi connectivity index (χ3v) is 4.75. The van der Waals surface area contributed by atoms with Crippen LogP contribution in [0, 0.1) is 0 Å². The first kappa shape index (κ1) is 22.6. The zero-order valence-electron chi connectivity index (χ0n) is 15.1. The van der Waals surface area contributed by atoms with Gasteiger partial charge in [0, 0.05) is 0 Å². The fourth-order valence-electron chi connectivity index (χ4n) is 2.71. The van der Waals surface area contributed by atoms with Gasteiger partial charge in [-0.3, -0.25) is 4.79 Å². The van der Waals surface area contributed by atoms with E-state index >= 15 is 0 Å². The van der Waals surface area contributed by atoms with Crippen molar-refractivity contribution in [1.82, 2.24) is 0 Å². The maximum atomic E-state index is 10.6. The van der Waals surface area contributed by atoms with Crippen molar-refractivity contribution < 1.29 is 9.90 Å². The van der Waals surface area contributed by atoms with E-state index in [1.807, 2.05) is 0 Å². The van der Waals surface area contributed by atoms with E-state index in [1.165, 1.54) is 77.0 Å². The monoisotopic (exact) mass is 342 g/mol. The number of unbranched alkanes of at least 4 members (excludes halogenated alkanes) is 12. The van der Waals surface area contributed by atoms with E-state index < -0.39 is 11.2 Å². The number of carboxylic acids is 1. The molecule has 0 aliphatic rings. The Kier molecular flexibility index (Phi) is 17.6. The second kappa shape index (κ2) is 17.9. The Bertz CT molecular complexity index is 289. The van der Waals surface area contributed by atoms with Crippen LogP contribution in [0.5, 0.6) is 0 Å². The number of allylic oxidation sites excluding steroid dienone is 2. The highest BCUT2D eigenvalue weighted by Gasteiger charge is 2.10. The summed E-state index contributed by atoms with van der Waals surface area (Å²) in [6, 6.07) is 0. The average molecular weight is 343 g/mol. The van der Waals surface area contributed by atoms with E-state index in [1.54, 1.807) is 0 Å². The van der Waals surface area contributed by atoms with Gasteiger partial charge < -0.3 is 5.11 Å². The first-order valence-electron chi connectivity index (χ1n) is 9.74. The lowest BCUT2D eigenvalue weighted by Gasteiger charge is -2.04.